The highest BCUT2D eigenvalue weighted by molar-refractivity contribution is 6.04. The number of anilines is 2. The molecule has 5 nitrogen and oxygen atoms in total. The smallest absolute Gasteiger partial charge is 0.255 e. The lowest BCUT2D eigenvalue weighted by Gasteiger charge is -2.32. The highest BCUT2D eigenvalue weighted by Gasteiger charge is 2.20. The Morgan fingerprint density at radius 2 is 1.53 bits per heavy atom. The number of piperidine rings is 1. The predicted octanol–water partition coefficient (Wildman–Crippen LogP) is 5.37. The van der Waals surface area contributed by atoms with Gasteiger partial charge < -0.3 is 15.5 Å². The number of carbonyl (C=O) groups is 2. The van der Waals surface area contributed by atoms with E-state index in [1.54, 1.807) is 0 Å². The van der Waals surface area contributed by atoms with Gasteiger partial charge in [-0.1, -0.05) is 38.3 Å². The summed E-state index contributed by atoms with van der Waals surface area (Å²) in [5.41, 5.74) is 3.63. The Bertz CT molecular complexity index is 894. The summed E-state index contributed by atoms with van der Waals surface area (Å²) in [5.74, 6) is 1.01. The van der Waals surface area contributed by atoms with E-state index >= 15 is 0 Å². The first-order valence-electron chi connectivity index (χ1n) is 12.1. The third-order valence-corrected chi connectivity index (χ3v) is 6.93. The molecule has 0 radical (unpaired) electrons. The minimum Gasteiger partial charge on any atom is -0.372 e. The number of nitrogens with one attached hydrogen (secondary N) is 2. The van der Waals surface area contributed by atoms with Crippen molar-refractivity contribution in [2.75, 3.05) is 23.3 Å². The second-order valence-corrected chi connectivity index (χ2v) is 9.42. The first-order chi connectivity index (χ1) is 15.6. The molecule has 32 heavy (non-hydrogen) atoms. The van der Waals surface area contributed by atoms with Gasteiger partial charge in [0, 0.05) is 42.5 Å². The predicted molar refractivity (Wildman–Crippen MR) is 130 cm³/mol. The molecule has 4 rings (SSSR count). The van der Waals surface area contributed by atoms with Crippen LogP contribution in [0.4, 0.5) is 11.4 Å². The largest absolute Gasteiger partial charge is 0.372 e. The van der Waals surface area contributed by atoms with Crippen molar-refractivity contribution in [1.82, 2.24) is 5.32 Å². The zero-order valence-electron chi connectivity index (χ0n) is 19.1. The lowest BCUT2D eigenvalue weighted by Crippen LogP contribution is -2.32. The highest BCUT2D eigenvalue weighted by atomic mass is 16.2. The number of hydrogen-bond donors (Lipinski definition) is 2. The molecule has 0 bridgehead atoms. The first-order valence-corrected chi connectivity index (χ1v) is 12.1. The van der Waals surface area contributed by atoms with Gasteiger partial charge in [0.1, 0.15) is 0 Å². The number of amides is 2. The Balaban J connectivity index is 1.26. The Morgan fingerprint density at radius 3 is 2.19 bits per heavy atom. The van der Waals surface area contributed by atoms with Crippen molar-refractivity contribution in [3.05, 3.63) is 59.7 Å². The molecule has 1 saturated heterocycles. The van der Waals surface area contributed by atoms with Crippen LogP contribution < -0.4 is 15.5 Å². The molecule has 2 N–H and O–H groups in total. The maximum Gasteiger partial charge on any atom is 0.255 e. The molecule has 2 aromatic rings. The maximum atomic E-state index is 12.6. The van der Waals surface area contributed by atoms with Crippen LogP contribution in [0.3, 0.4) is 0 Å². The van der Waals surface area contributed by atoms with E-state index in [0.717, 1.165) is 55.9 Å². The fourth-order valence-electron chi connectivity index (χ4n) is 4.70. The quantitative estimate of drug-likeness (QED) is 0.644. The summed E-state index contributed by atoms with van der Waals surface area (Å²) in [4.78, 5) is 27.4. The third kappa shape index (κ3) is 5.90. The number of carbonyl (C=O) groups excluding carboxylic acids is 2. The maximum absolute atomic E-state index is 12.6. The van der Waals surface area contributed by atoms with Gasteiger partial charge in [0.25, 0.3) is 5.91 Å². The van der Waals surface area contributed by atoms with Gasteiger partial charge in [-0.3, -0.25) is 9.59 Å². The third-order valence-electron chi connectivity index (χ3n) is 6.93. The van der Waals surface area contributed by atoms with E-state index in [2.05, 4.69) is 34.6 Å². The second kappa shape index (κ2) is 10.7. The molecule has 0 spiro atoms. The Hall–Kier alpha value is -2.82. The summed E-state index contributed by atoms with van der Waals surface area (Å²) in [7, 11) is 0. The van der Waals surface area contributed by atoms with E-state index in [4.69, 9.17) is 0 Å². The number of hydrogen-bond acceptors (Lipinski definition) is 3. The molecule has 1 aliphatic heterocycles. The number of nitrogens with zero attached hydrogens (tertiary/aromatic N) is 1. The molecule has 0 aromatic heterocycles. The van der Waals surface area contributed by atoms with Crippen molar-refractivity contribution in [1.29, 1.82) is 0 Å². The van der Waals surface area contributed by atoms with Crippen molar-refractivity contribution in [3.63, 3.8) is 0 Å². The monoisotopic (exact) mass is 433 g/mol. The Labute approximate surface area is 191 Å². The SMILES string of the molecule is CC1CCN(c2ccc(NC(=O)c3ccc(CNC(=O)C4CCCCC4)cc3)cc2)CC1. The van der Waals surface area contributed by atoms with Crippen LogP contribution in [0.2, 0.25) is 0 Å². The average Bonchev–Trinajstić information content (AvgIpc) is 2.84. The summed E-state index contributed by atoms with van der Waals surface area (Å²) in [6.07, 6.45) is 8.03. The van der Waals surface area contributed by atoms with E-state index < -0.39 is 0 Å². The fraction of sp³-hybridized carbons (Fsp3) is 0.481. The van der Waals surface area contributed by atoms with E-state index in [0.29, 0.717) is 12.1 Å². The minimum absolute atomic E-state index is 0.123. The van der Waals surface area contributed by atoms with Crippen LogP contribution in [0.5, 0.6) is 0 Å². The lowest BCUT2D eigenvalue weighted by molar-refractivity contribution is -0.126. The van der Waals surface area contributed by atoms with Gasteiger partial charge >= 0.3 is 0 Å². The number of rotatable bonds is 6. The Morgan fingerprint density at radius 1 is 0.875 bits per heavy atom. The van der Waals surface area contributed by atoms with Gasteiger partial charge in [0.2, 0.25) is 5.91 Å². The molecular weight excluding hydrogens is 398 g/mol. The first kappa shape index (κ1) is 22.4. The van der Waals surface area contributed by atoms with Crippen molar-refractivity contribution in [3.8, 4) is 0 Å². The highest BCUT2D eigenvalue weighted by Crippen LogP contribution is 2.25. The minimum atomic E-state index is -0.123. The van der Waals surface area contributed by atoms with Crippen LogP contribution in [0.25, 0.3) is 0 Å². The lowest BCUT2D eigenvalue weighted by atomic mass is 9.88. The van der Waals surface area contributed by atoms with E-state index in [-0.39, 0.29) is 17.7 Å². The van der Waals surface area contributed by atoms with Crippen LogP contribution in [0.15, 0.2) is 48.5 Å². The van der Waals surface area contributed by atoms with Gasteiger partial charge in [-0.05, 0) is 73.6 Å². The summed E-state index contributed by atoms with van der Waals surface area (Å²) in [5, 5.41) is 6.03. The van der Waals surface area contributed by atoms with Gasteiger partial charge in [0.15, 0.2) is 0 Å². The van der Waals surface area contributed by atoms with Crippen LogP contribution in [-0.4, -0.2) is 24.9 Å². The van der Waals surface area contributed by atoms with Crippen LogP contribution in [0.1, 0.15) is 67.8 Å². The molecule has 1 heterocycles. The van der Waals surface area contributed by atoms with Gasteiger partial charge in [-0.2, -0.15) is 0 Å². The summed E-state index contributed by atoms with van der Waals surface area (Å²) in [6, 6.07) is 15.6. The van der Waals surface area contributed by atoms with Gasteiger partial charge in [0.05, 0.1) is 0 Å². The second-order valence-electron chi connectivity index (χ2n) is 9.42. The summed E-state index contributed by atoms with van der Waals surface area (Å²) >= 11 is 0. The van der Waals surface area contributed by atoms with Crippen LogP contribution in [-0.2, 0) is 11.3 Å². The zero-order valence-corrected chi connectivity index (χ0v) is 19.1. The normalized spacial score (nSPS) is 17.7. The van der Waals surface area contributed by atoms with Crippen molar-refractivity contribution in [2.24, 2.45) is 11.8 Å². The molecule has 170 valence electrons. The Kier molecular flexibility index (Phi) is 7.46. The van der Waals surface area contributed by atoms with E-state index in [1.807, 2.05) is 36.4 Å². The summed E-state index contributed by atoms with van der Waals surface area (Å²) < 4.78 is 0. The molecule has 5 heteroatoms. The molecule has 2 amide bonds. The average molecular weight is 434 g/mol. The zero-order chi connectivity index (χ0) is 22.3. The van der Waals surface area contributed by atoms with E-state index in [1.165, 1.54) is 24.9 Å². The van der Waals surface area contributed by atoms with Crippen molar-refractivity contribution >= 4 is 23.2 Å². The topological polar surface area (TPSA) is 61.4 Å². The molecule has 1 aliphatic carbocycles. The fourth-order valence-corrected chi connectivity index (χ4v) is 4.70. The van der Waals surface area contributed by atoms with E-state index in [9.17, 15) is 9.59 Å². The molecular formula is C27H35N3O2. The standard InChI is InChI=1S/C27H35N3O2/c1-20-15-17-30(18-16-20)25-13-11-24(12-14-25)29-27(32)23-9-7-21(8-10-23)19-28-26(31)22-5-3-2-4-6-22/h7-14,20,22H,2-6,15-19H2,1H3,(H,28,31)(H,29,32). The molecule has 2 aliphatic rings. The molecule has 0 atom stereocenters. The van der Waals surface area contributed by atoms with Crippen molar-refractivity contribution in [2.45, 2.75) is 58.4 Å². The van der Waals surface area contributed by atoms with Crippen molar-refractivity contribution < 1.29 is 9.59 Å². The molecule has 2 aromatic carbocycles. The number of benzene rings is 2. The molecule has 1 saturated carbocycles. The van der Waals surface area contributed by atoms with Gasteiger partial charge in [-0.15, -0.1) is 0 Å². The van der Waals surface area contributed by atoms with Gasteiger partial charge in [-0.25, -0.2) is 0 Å². The molecule has 0 unspecified atom stereocenters. The molecule has 2 fully saturated rings. The summed E-state index contributed by atoms with van der Waals surface area (Å²) in [6.45, 7) is 5.02. The van der Waals surface area contributed by atoms with Crippen LogP contribution >= 0.6 is 0 Å². The van der Waals surface area contributed by atoms with Crippen LogP contribution in [0, 0.1) is 11.8 Å².